The molecule has 2 aromatic rings. The van der Waals surface area contributed by atoms with Gasteiger partial charge in [0, 0.05) is 18.1 Å². The molecule has 0 saturated carbocycles. The fourth-order valence-electron chi connectivity index (χ4n) is 1.88. The average molecular weight is 246 g/mol. The summed E-state index contributed by atoms with van der Waals surface area (Å²) in [6, 6.07) is 7.79. The van der Waals surface area contributed by atoms with Gasteiger partial charge in [0.15, 0.2) is 6.29 Å². The molecule has 1 saturated heterocycles. The van der Waals surface area contributed by atoms with E-state index in [0.29, 0.717) is 11.8 Å². The zero-order valence-electron chi connectivity index (χ0n) is 10.1. The Bertz CT molecular complexity index is 515. The minimum absolute atomic E-state index is 0.253. The summed E-state index contributed by atoms with van der Waals surface area (Å²) in [4.78, 5) is 0. The van der Waals surface area contributed by atoms with Crippen molar-refractivity contribution < 1.29 is 13.9 Å². The topological polar surface area (TPSA) is 57.4 Å². The minimum Gasteiger partial charge on any atom is -0.421 e. The number of rotatable bonds is 2. The van der Waals surface area contributed by atoms with Crippen LogP contribution in [0.15, 0.2) is 28.7 Å². The SMILES string of the molecule is Cc1nnc(-c2ccc(C3OCCCO3)cc2)o1. The molecule has 0 unspecified atom stereocenters. The van der Waals surface area contributed by atoms with Crippen molar-refractivity contribution in [2.75, 3.05) is 13.2 Å². The van der Waals surface area contributed by atoms with Crippen molar-refractivity contribution in [3.63, 3.8) is 0 Å². The molecule has 0 radical (unpaired) electrons. The number of hydrogen-bond donors (Lipinski definition) is 0. The molecule has 1 aromatic carbocycles. The summed E-state index contributed by atoms with van der Waals surface area (Å²) in [7, 11) is 0. The van der Waals surface area contributed by atoms with Gasteiger partial charge in [-0.2, -0.15) is 0 Å². The summed E-state index contributed by atoms with van der Waals surface area (Å²) < 4.78 is 16.5. The maximum Gasteiger partial charge on any atom is 0.247 e. The fraction of sp³-hybridized carbons (Fsp3) is 0.385. The van der Waals surface area contributed by atoms with Gasteiger partial charge >= 0.3 is 0 Å². The third-order valence-electron chi connectivity index (χ3n) is 2.78. The van der Waals surface area contributed by atoms with E-state index >= 15 is 0 Å². The number of ether oxygens (including phenoxy) is 2. The second-order valence-corrected chi connectivity index (χ2v) is 4.18. The van der Waals surface area contributed by atoms with Gasteiger partial charge in [0.1, 0.15) is 0 Å². The molecule has 5 nitrogen and oxygen atoms in total. The first-order valence-corrected chi connectivity index (χ1v) is 5.96. The predicted molar refractivity (Wildman–Crippen MR) is 63.7 cm³/mol. The van der Waals surface area contributed by atoms with E-state index in [2.05, 4.69) is 10.2 Å². The molecule has 0 aliphatic carbocycles. The number of aryl methyl sites for hydroxylation is 1. The van der Waals surface area contributed by atoms with Gasteiger partial charge in [-0.3, -0.25) is 0 Å². The first-order chi connectivity index (χ1) is 8.83. The summed E-state index contributed by atoms with van der Waals surface area (Å²) in [5, 5.41) is 7.79. The molecular weight excluding hydrogens is 232 g/mol. The van der Waals surface area contributed by atoms with Crippen LogP contribution in [0.3, 0.4) is 0 Å². The maximum atomic E-state index is 5.54. The lowest BCUT2D eigenvalue weighted by atomic mass is 10.1. The normalized spacial score (nSPS) is 16.9. The first-order valence-electron chi connectivity index (χ1n) is 5.96. The van der Waals surface area contributed by atoms with Crippen molar-refractivity contribution >= 4 is 0 Å². The van der Waals surface area contributed by atoms with Crippen LogP contribution in [0, 0.1) is 6.92 Å². The molecule has 1 aliphatic heterocycles. The van der Waals surface area contributed by atoms with Crippen molar-refractivity contribution in [1.29, 1.82) is 0 Å². The standard InChI is InChI=1S/C13H14N2O3/c1-9-14-15-12(18-9)10-3-5-11(6-4-10)13-16-7-2-8-17-13/h3-6,13H,2,7-8H2,1H3. The molecule has 2 heterocycles. The van der Waals surface area contributed by atoms with Crippen LogP contribution in [0.25, 0.3) is 11.5 Å². The Morgan fingerprint density at radius 3 is 2.39 bits per heavy atom. The molecule has 94 valence electrons. The number of nitrogens with zero attached hydrogens (tertiary/aromatic N) is 2. The van der Waals surface area contributed by atoms with Gasteiger partial charge < -0.3 is 13.9 Å². The molecule has 3 rings (SSSR count). The highest BCUT2D eigenvalue weighted by atomic mass is 16.7. The molecule has 0 amide bonds. The monoisotopic (exact) mass is 246 g/mol. The number of benzene rings is 1. The smallest absolute Gasteiger partial charge is 0.247 e. The highest BCUT2D eigenvalue weighted by molar-refractivity contribution is 5.53. The van der Waals surface area contributed by atoms with Crippen LogP contribution in [-0.2, 0) is 9.47 Å². The quantitative estimate of drug-likeness (QED) is 0.814. The van der Waals surface area contributed by atoms with Crippen molar-refractivity contribution in [3.05, 3.63) is 35.7 Å². The second-order valence-electron chi connectivity index (χ2n) is 4.18. The van der Waals surface area contributed by atoms with Crippen molar-refractivity contribution in [3.8, 4) is 11.5 Å². The molecule has 5 heteroatoms. The Balaban J connectivity index is 1.80. The molecule has 18 heavy (non-hydrogen) atoms. The van der Waals surface area contributed by atoms with Gasteiger partial charge in [0.2, 0.25) is 11.8 Å². The molecule has 1 aromatic heterocycles. The summed E-state index contributed by atoms with van der Waals surface area (Å²) in [6.07, 6.45) is 0.702. The number of hydrogen-bond acceptors (Lipinski definition) is 5. The molecule has 1 fully saturated rings. The van der Waals surface area contributed by atoms with Gasteiger partial charge in [-0.05, 0) is 18.6 Å². The van der Waals surface area contributed by atoms with E-state index < -0.39 is 0 Å². The fourth-order valence-corrected chi connectivity index (χ4v) is 1.88. The highest BCUT2D eigenvalue weighted by Crippen LogP contribution is 2.25. The first kappa shape index (κ1) is 11.4. The zero-order chi connectivity index (χ0) is 12.4. The van der Waals surface area contributed by atoms with E-state index in [0.717, 1.165) is 30.8 Å². The molecule has 0 spiro atoms. The van der Waals surface area contributed by atoms with Crippen LogP contribution >= 0.6 is 0 Å². The zero-order valence-corrected chi connectivity index (χ0v) is 10.1. The highest BCUT2D eigenvalue weighted by Gasteiger charge is 2.16. The molecule has 1 aliphatic rings. The largest absolute Gasteiger partial charge is 0.421 e. The van der Waals surface area contributed by atoms with Crippen LogP contribution in [0.5, 0.6) is 0 Å². The molecule has 0 bridgehead atoms. The number of aromatic nitrogens is 2. The van der Waals surface area contributed by atoms with Crippen molar-refractivity contribution in [2.24, 2.45) is 0 Å². The third kappa shape index (κ3) is 2.27. The third-order valence-corrected chi connectivity index (χ3v) is 2.78. The minimum atomic E-state index is -0.253. The lowest BCUT2D eigenvalue weighted by molar-refractivity contribution is -0.183. The second kappa shape index (κ2) is 4.88. The summed E-state index contributed by atoms with van der Waals surface area (Å²) in [5.74, 6) is 1.09. The van der Waals surface area contributed by atoms with Gasteiger partial charge in [-0.1, -0.05) is 12.1 Å². The van der Waals surface area contributed by atoms with E-state index in [1.54, 1.807) is 6.92 Å². The van der Waals surface area contributed by atoms with Crippen LogP contribution in [-0.4, -0.2) is 23.4 Å². The lowest BCUT2D eigenvalue weighted by Gasteiger charge is -2.23. The predicted octanol–water partition coefficient (Wildman–Crippen LogP) is 2.48. The Morgan fingerprint density at radius 2 is 1.78 bits per heavy atom. The Kier molecular flexibility index (Phi) is 3.08. The van der Waals surface area contributed by atoms with E-state index in [1.807, 2.05) is 24.3 Å². The molecule has 0 atom stereocenters. The lowest BCUT2D eigenvalue weighted by Crippen LogP contribution is -2.17. The van der Waals surface area contributed by atoms with Gasteiger partial charge in [0.25, 0.3) is 0 Å². The summed E-state index contributed by atoms with van der Waals surface area (Å²) >= 11 is 0. The van der Waals surface area contributed by atoms with Crippen LogP contribution in [0.2, 0.25) is 0 Å². The summed E-state index contributed by atoms with van der Waals surface area (Å²) in [6.45, 7) is 3.26. The van der Waals surface area contributed by atoms with Crippen molar-refractivity contribution in [1.82, 2.24) is 10.2 Å². The average Bonchev–Trinajstić information content (AvgIpc) is 2.87. The molecule has 0 N–H and O–H groups in total. The van der Waals surface area contributed by atoms with Gasteiger partial charge in [-0.15, -0.1) is 10.2 Å². The van der Waals surface area contributed by atoms with Gasteiger partial charge in [-0.25, -0.2) is 0 Å². The van der Waals surface area contributed by atoms with Crippen LogP contribution in [0.4, 0.5) is 0 Å². The Morgan fingerprint density at radius 1 is 1.06 bits per heavy atom. The van der Waals surface area contributed by atoms with Crippen molar-refractivity contribution in [2.45, 2.75) is 19.6 Å². The maximum absolute atomic E-state index is 5.54. The van der Waals surface area contributed by atoms with Crippen LogP contribution in [0.1, 0.15) is 24.2 Å². The summed E-state index contributed by atoms with van der Waals surface area (Å²) in [5.41, 5.74) is 1.91. The van der Waals surface area contributed by atoms with E-state index in [9.17, 15) is 0 Å². The van der Waals surface area contributed by atoms with E-state index in [4.69, 9.17) is 13.9 Å². The molecular formula is C13H14N2O3. The van der Waals surface area contributed by atoms with Crippen LogP contribution < -0.4 is 0 Å². The van der Waals surface area contributed by atoms with E-state index in [-0.39, 0.29) is 6.29 Å². The van der Waals surface area contributed by atoms with Gasteiger partial charge in [0.05, 0.1) is 13.2 Å². The van der Waals surface area contributed by atoms with E-state index in [1.165, 1.54) is 0 Å². The Labute approximate surface area is 105 Å². The Hall–Kier alpha value is -1.72.